The molecular formula is C22H25FN4O2. The molecule has 1 aliphatic heterocycles. The molecule has 0 atom stereocenters. The second-order valence-corrected chi connectivity index (χ2v) is 7.33. The molecule has 2 aromatic carbocycles. The molecule has 7 heteroatoms. The Morgan fingerprint density at radius 3 is 2.31 bits per heavy atom. The maximum Gasteiger partial charge on any atom is 0.279 e. The average Bonchev–Trinajstić information content (AvgIpc) is 2.69. The molecule has 0 bridgehead atoms. The Hall–Kier alpha value is -3.06. The van der Waals surface area contributed by atoms with Crippen molar-refractivity contribution in [3.63, 3.8) is 0 Å². The van der Waals surface area contributed by atoms with Gasteiger partial charge in [-0.05, 0) is 44.2 Å². The van der Waals surface area contributed by atoms with Gasteiger partial charge < -0.3 is 10.6 Å². The SMILES string of the molecule is CC(C)=NC(=O)c1cccc(CN2CCN(C(=O)c3ccc(N)cc3)CC2)c1F. The molecule has 0 radical (unpaired) electrons. The van der Waals surface area contributed by atoms with Crippen molar-refractivity contribution in [1.29, 1.82) is 0 Å². The molecule has 0 aromatic heterocycles. The zero-order valence-electron chi connectivity index (χ0n) is 16.7. The summed E-state index contributed by atoms with van der Waals surface area (Å²) in [5.74, 6) is -1.12. The molecule has 1 aliphatic rings. The standard InChI is InChI=1S/C22H25FN4O2/c1-15(2)25-21(28)19-5-3-4-17(20(19)23)14-26-10-12-27(13-11-26)22(29)16-6-8-18(24)9-7-16/h3-9H,10-14,24H2,1-2H3. The maximum absolute atomic E-state index is 14.8. The predicted molar refractivity (Wildman–Crippen MR) is 112 cm³/mol. The number of anilines is 1. The first-order valence-corrected chi connectivity index (χ1v) is 9.56. The normalized spacial score (nSPS) is 14.5. The van der Waals surface area contributed by atoms with Crippen LogP contribution in [0.2, 0.25) is 0 Å². The Balaban J connectivity index is 1.62. The van der Waals surface area contributed by atoms with Gasteiger partial charge in [-0.2, -0.15) is 0 Å². The summed E-state index contributed by atoms with van der Waals surface area (Å²) in [5, 5.41) is 0. The summed E-state index contributed by atoms with van der Waals surface area (Å²) in [4.78, 5) is 32.4. The minimum Gasteiger partial charge on any atom is -0.399 e. The lowest BCUT2D eigenvalue weighted by Crippen LogP contribution is -2.48. The fourth-order valence-electron chi connectivity index (χ4n) is 3.29. The second kappa shape index (κ2) is 8.96. The summed E-state index contributed by atoms with van der Waals surface area (Å²) in [6, 6.07) is 11.7. The fourth-order valence-corrected chi connectivity index (χ4v) is 3.29. The molecule has 0 saturated carbocycles. The molecule has 3 rings (SSSR count). The van der Waals surface area contributed by atoms with Gasteiger partial charge >= 0.3 is 0 Å². The number of hydrogen-bond donors (Lipinski definition) is 1. The minimum absolute atomic E-state index is 0.0131. The van der Waals surface area contributed by atoms with E-state index in [0.717, 1.165) is 0 Å². The summed E-state index contributed by atoms with van der Waals surface area (Å²) >= 11 is 0. The first-order valence-electron chi connectivity index (χ1n) is 9.56. The number of carbonyl (C=O) groups excluding carboxylic acids is 2. The third kappa shape index (κ3) is 5.06. The van der Waals surface area contributed by atoms with Gasteiger partial charge in [-0.3, -0.25) is 14.5 Å². The van der Waals surface area contributed by atoms with Gasteiger partial charge in [0.1, 0.15) is 5.82 Å². The molecule has 1 fully saturated rings. The van der Waals surface area contributed by atoms with Crippen LogP contribution in [-0.2, 0) is 6.54 Å². The number of aliphatic imine (C=N–C) groups is 1. The van der Waals surface area contributed by atoms with Crippen molar-refractivity contribution < 1.29 is 14.0 Å². The zero-order chi connectivity index (χ0) is 21.0. The molecule has 1 saturated heterocycles. The lowest BCUT2D eigenvalue weighted by Gasteiger charge is -2.35. The number of amides is 2. The van der Waals surface area contributed by atoms with Gasteiger partial charge in [-0.15, -0.1) is 0 Å². The van der Waals surface area contributed by atoms with Gasteiger partial charge in [0.05, 0.1) is 5.56 Å². The van der Waals surface area contributed by atoms with Crippen LogP contribution in [0.25, 0.3) is 0 Å². The largest absolute Gasteiger partial charge is 0.399 e. The molecule has 152 valence electrons. The molecule has 0 spiro atoms. The predicted octanol–water partition coefficient (Wildman–Crippen LogP) is 2.99. The Morgan fingerprint density at radius 2 is 1.69 bits per heavy atom. The fraction of sp³-hybridized carbons (Fsp3) is 0.318. The highest BCUT2D eigenvalue weighted by atomic mass is 19.1. The van der Waals surface area contributed by atoms with Crippen LogP contribution >= 0.6 is 0 Å². The number of nitrogens with two attached hydrogens (primary N) is 1. The summed E-state index contributed by atoms with van der Waals surface area (Å²) < 4.78 is 14.8. The van der Waals surface area contributed by atoms with Crippen molar-refractivity contribution in [2.45, 2.75) is 20.4 Å². The average molecular weight is 396 g/mol. The number of nitrogen functional groups attached to an aromatic ring is 1. The van der Waals surface area contributed by atoms with E-state index >= 15 is 0 Å². The number of hydrogen-bond acceptors (Lipinski definition) is 4. The quantitative estimate of drug-likeness (QED) is 0.637. The van der Waals surface area contributed by atoms with Crippen LogP contribution in [-0.4, -0.2) is 53.5 Å². The highest BCUT2D eigenvalue weighted by Gasteiger charge is 2.23. The van der Waals surface area contributed by atoms with Crippen molar-refractivity contribution >= 4 is 23.2 Å². The Kier molecular flexibility index (Phi) is 6.39. The number of piperazine rings is 1. The van der Waals surface area contributed by atoms with Crippen LogP contribution < -0.4 is 5.73 Å². The molecule has 2 amide bonds. The number of rotatable bonds is 4. The molecule has 6 nitrogen and oxygen atoms in total. The van der Waals surface area contributed by atoms with E-state index in [-0.39, 0.29) is 11.5 Å². The molecule has 2 N–H and O–H groups in total. The van der Waals surface area contributed by atoms with Gasteiger partial charge in [0.15, 0.2) is 0 Å². The molecule has 0 aliphatic carbocycles. The first kappa shape index (κ1) is 20.7. The minimum atomic E-state index is -0.566. The third-order valence-corrected chi connectivity index (χ3v) is 4.85. The van der Waals surface area contributed by atoms with Crippen molar-refractivity contribution in [1.82, 2.24) is 9.80 Å². The van der Waals surface area contributed by atoms with E-state index in [1.807, 2.05) is 0 Å². The van der Waals surface area contributed by atoms with E-state index < -0.39 is 11.7 Å². The molecular weight excluding hydrogens is 371 g/mol. The maximum atomic E-state index is 14.8. The van der Waals surface area contributed by atoms with Crippen LogP contribution in [0.15, 0.2) is 47.5 Å². The molecule has 29 heavy (non-hydrogen) atoms. The van der Waals surface area contributed by atoms with Gasteiger partial charge in [-0.25, -0.2) is 9.38 Å². The second-order valence-electron chi connectivity index (χ2n) is 7.33. The molecule has 0 unspecified atom stereocenters. The van der Waals surface area contributed by atoms with Crippen molar-refractivity contribution in [3.8, 4) is 0 Å². The van der Waals surface area contributed by atoms with Gasteiger partial charge in [0.2, 0.25) is 0 Å². The Bertz CT molecular complexity index is 928. The topological polar surface area (TPSA) is 79.0 Å². The summed E-state index contributed by atoms with van der Waals surface area (Å²) in [5.41, 5.74) is 7.93. The highest BCUT2D eigenvalue weighted by molar-refractivity contribution is 6.02. The van der Waals surface area contributed by atoms with E-state index in [1.54, 1.807) is 55.1 Å². The lowest BCUT2D eigenvalue weighted by molar-refractivity contribution is 0.0626. The van der Waals surface area contributed by atoms with Crippen LogP contribution in [0.5, 0.6) is 0 Å². The zero-order valence-corrected chi connectivity index (χ0v) is 16.7. The Morgan fingerprint density at radius 1 is 1.03 bits per heavy atom. The monoisotopic (exact) mass is 396 g/mol. The summed E-state index contributed by atoms with van der Waals surface area (Å²) in [6.45, 7) is 6.15. The van der Waals surface area contributed by atoms with Gasteiger partial charge in [-0.1, -0.05) is 12.1 Å². The van der Waals surface area contributed by atoms with Crippen LogP contribution in [0, 0.1) is 5.82 Å². The van der Waals surface area contributed by atoms with E-state index in [9.17, 15) is 14.0 Å². The van der Waals surface area contributed by atoms with Crippen LogP contribution in [0.4, 0.5) is 10.1 Å². The van der Waals surface area contributed by atoms with Gasteiger partial charge in [0, 0.05) is 55.2 Å². The number of benzene rings is 2. The van der Waals surface area contributed by atoms with E-state index in [1.165, 1.54) is 6.07 Å². The number of nitrogens with zero attached hydrogens (tertiary/aromatic N) is 3. The van der Waals surface area contributed by atoms with Crippen LogP contribution in [0.3, 0.4) is 0 Å². The molecule has 2 aromatic rings. The van der Waals surface area contributed by atoms with Crippen molar-refractivity contribution in [2.75, 3.05) is 31.9 Å². The third-order valence-electron chi connectivity index (χ3n) is 4.85. The molecule has 1 heterocycles. The van der Waals surface area contributed by atoms with E-state index in [2.05, 4.69) is 9.89 Å². The summed E-state index contributed by atoms with van der Waals surface area (Å²) in [6.07, 6.45) is 0. The van der Waals surface area contributed by atoms with Crippen molar-refractivity contribution in [2.24, 2.45) is 4.99 Å². The summed E-state index contributed by atoms with van der Waals surface area (Å²) in [7, 11) is 0. The van der Waals surface area contributed by atoms with Gasteiger partial charge in [0.25, 0.3) is 11.8 Å². The van der Waals surface area contributed by atoms with E-state index in [0.29, 0.717) is 55.2 Å². The number of halogens is 1. The highest BCUT2D eigenvalue weighted by Crippen LogP contribution is 2.18. The number of carbonyl (C=O) groups is 2. The van der Waals surface area contributed by atoms with E-state index in [4.69, 9.17) is 5.73 Å². The first-order chi connectivity index (χ1) is 13.8. The van der Waals surface area contributed by atoms with Crippen molar-refractivity contribution in [3.05, 3.63) is 65.0 Å². The lowest BCUT2D eigenvalue weighted by atomic mass is 10.1. The Labute approximate surface area is 169 Å². The van der Waals surface area contributed by atoms with Crippen LogP contribution in [0.1, 0.15) is 40.1 Å². The smallest absolute Gasteiger partial charge is 0.279 e.